The zero-order valence-corrected chi connectivity index (χ0v) is 10.8. The molecule has 0 saturated carbocycles. The number of nitrogens with zero attached hydrogens (tertiary/aromatic N) is 1. The van der Waals surface area contributed by atoms with Gasteiger partial charge in [0.15, 0.2) is 5.03 Å². The van der Waals surface area contributed by atoms with Gasteiger partial charge in [-0.2, -0.15) is 0 Å². The summed E-state index contributed by atoms with van der Waals surface area (Å²) < 4.78 is 47.0. The second-order valence-electron chi connectivity index (χ2n) is 3.27. The SMILES string of the molecule is NNc1cccnc1S(=O)(=O)NCCS(N)(=O)=O. The molecule has 1 rings (SSSR count). The summed E-state index contributed by atoms with van der Waals surface area (Å²) in [5.41, 5.74) is 2.28. The van der Waals surface area contributed by atoms with Crippen molar-refractivity contribution in [2.45, 2.75) is 5.03 Å². The highest BCUT2D eigenvalue weighted by Crippen LogP contribution is 2.15. The number of anilines is 1. The highest BCUT2D eigenvalue weighted by molar-refractivity contribution is 7.90. The van der Waals surface area contributed by atoms with Gasteiger partial charge in [0, 0.05) is 12.7 Å². The number of aromatic nitrogens is 1. The minimum Gasteiger partial charge on any atom is -0.321 e. The molecule has 0 radical (unpaired) electrons. The normalized spacial score (nSPS) is 12.3. The summed E-state index contributed by atoms with van der Waals surface area (Å²) in [5, 5.41) is 4.43. The van der Waals surface area contributed by atoms with Crippen LogP contribution in [0.15, 0.2) is 23.4 Å². The first-order valence-electron chi connectivity index (χ1n) is 4.68. The van der Waals surface area contributed by atoms with Gasteiger partial charge in [-0.1, -0.05) is 0 Å². The maximum absolute atomic E-state index is 11.8. The van der Waals surface area contributed by atoms with Crippen molar-refractivity contribution in [3.05, 3.63) is 18.3 Å². The van der Waals surface area contributed by atoms with Crippen molar-refractivity contribution < 1.29 is 16.8 Å². The fourth-order valence-electron chi connectivity index (χ4n) is 1.10. The maximum atomic E-state index is 11.8. The van der Waals surface area contributed by atoms with Gasteiger partial charge in [-0.05, 0) is 12.1 Å². The van der Waals surface area contributed by atoms with E-state index in [1.807, 2.05) is 0 Å². The largest absolute Gasteiger partial charge is 0.321 e. The van der Waals surface area contributed by atoms with Crippen LogP contribution in [0, 0.1) is 0 Å². The number of sulfonamides is 2. The summed E-state index contributed by atoms with van der Waals surface area (Å²) in [7, 11) is -7.68. The van der Waals surface area contributed by atoms with Crippen LogP contribution in [-0.2, 0) is 20.0 Å². The van der Waals surface area contributed by atoms with Gasteiger partial charge in [0.1, 0.15) is 0 Å². The van der Waals surface area contributed by atoms with Crippen LogP contribution >= 0.6 is 0 Å². The van der Waals surface area contributed by atoms with E-state index >= 15 is 0 Å². The van der Waals surface area contributed by atoms with Crippen LogP contribution in [-0.4, -0.2) is 34.1 Å². The molecule has 0 aliphatic carbocycles. The molecule has 0 aliphatic rings. The molecule has 0 fully saturated rings. The van der Waals surface area contributed by atoms with Crippen molar-refractivity contribution in [1.29, 1.82) is 0 Å². The smallest absolute Gasteiger partial charge is 0.260 e. The average Bonchev–Trinajstić information content (AvgIpc) is 2.27. The quantitative estimate of drug-likeness (QED) is 0.347. The van der Waals surface area contributed by atoms with Crippen LogP contribution in [0.4, 0.5) is 5.69 Å². The molecule has 0 aliphatic heterocycles. The van der Waals surface area contributed by atoms with Crippen molar-refractivity contribution in [3.8, 4) is 0 Å². The van der Waals surface area contributed by atoms with Gasteiger partial charge in [-0.3, -0.25) is 5.84 Å². The average molecular weight is 295 g/mol. The lowest BCUT2D eigenvalue weighted by Crippen LogP contribution is -2.32. The molecule has 11 heteroatoms. The van der Waals surface area contributed by atoms with E-state index in [0.717, 1.165) is 0 Å². The van der Waals surface area contributed by atoms with Crippen molar-refractivity contribution in [1.82, 2.24) is 9.71 Å². The molecule has 1 aromatic rings. The Morgan fingerprint density at radius 1 is 1.28 bits per heavy atom. The predicted molar refractivity (Wildman–Crippen MR) is 65.2 cm³/mol. The van der Waals surface area contributed by atoms with Gasteiger partial charge < -0.3 is 5.43 Å². The van der Waals surface area contributed by atoms with E-state index in [1.54, 1.807) is 0 Å². The number of rotatable bonds is 6. The summed E-state index contributed by atoms with van der Waals surface area (Å²) in [6.07, 6.45) is 1.27. The number of hydrazine groups is 1. The Bertz CT molecular complexity index is 612. The number of hydrogen-bond acceptors (Lipinski definition) is 7. The van der Waals surface area contributed by atoms with Crippen molar-refractivity contribution >= 4 is 25.7 Å². The van der Waals surface area contributed by atoms with Crippen molar-refractivity contribution in [2.75, 3.05) is 17.7 Å². The Kier molecular flexibility index (Phi) is 4.59. The molecule has 0 amide bonds. The molecule has 18 heavy (non-hydrogen) atoms. The maximum Gasteiger partial charge on any atom is 0.260 e. The number of primary sulfonamides is 1. The third kappa shape index (κ3) is 4.19. The van der Waals surface area contributed by atoms with E-state index < -0.39 is 25.8 Å². The standard InChI is InChI=1S/C7H13N5O4S2/c8-12-6-2-1-3-10-7(6)18(15,16)11-4-5-17(9,13)14/h1-3,11-12H,4-5,8H2,(H2,9,13,14). The minimum atomic E-state index is -3.95. The van der Waals surface area contributed by atoms with E-state index in [4.69, 9.17) is 11.0 Å². The first kappa shape index (κ1) is 14.8. The molecular formula is C7H13N5O4S2. The lowest BCUT2D eigenvalue weighted by molar-refractivity contribution is 0.578. The first-order chi connectivity index (χ1) is 8.26. The lowest BCUT2D eigenvalue weighted by atomic mass is 10.4. The Morgan fingerprint density at radius 2 is 1.94 bits per heavy atom. The molecule has 9 nitrogen and oxygen atoms in total. The van der Waals surface area contributed by atoms with Gasteiger partial charge in [-0.25, -0.2) is 31.7 Å². The Labute approximate surface area is 105 Å². The Morgan fingerprint density at radius 3 is 2.50 bits per heavy atom. The van der Waals surface area contributed by atoms with Crippen molar-refractivity contribution in [2.24, 2.45) is 11.0 Å². The molecule has 0 saturated heterocycles. The Balaban J connectivity index is 2.87. The molecule has 6 N–H and O–H groups in total. The number of nitrogens with two attached hydrogens (primary N) is 2. The second kappa shape index (κ2) is 5.58. The van der Waals surface area contributed by atoms with Crippen molar-refractivity contribution in [3.63, 3.8) is 0 Å². The fourth-order valence-corrected chi connectivity index (χ4v) is 2.74. The number of nitrogen functional groups attached to an aromatic ring is 1. The van der Waals surface area contributed by atoms with Crippen LogP contribution < -0.4 is 21.1 Å². The molecule has 102 valence electrons. The van der Waals surface area contributed by atoms with Gasteiger partial charge in [0.05, 0.1) is 11.4 Å². The van der Waals surface area contributed by atoms with E-state index in [-0.39, 0.29) is 17.3 Å². The van der Waals surface area contributed by atoms with Gasteiger partial charge in [0.2, 0.25) is 10.0 Å². The molecular weight excluding hydrogens is 282 g/mol. The molecule has 1 aromatic heterocycles. The fraction of sp³-hybridized carbons (Fsp3) is 0.286. The predicted octanol–water partition coefficient (Wildman–Crippen LogP) is -2.07. The summed E-state index contributed by atoms with van der Waals surface area (Å²) in [4.78, 5) is 3.66. The molecule has 0 unspecified atom stereocenters. The van der Waals surface area contributed by atoms with Gasteiger partial charge in [0.25, 0.3) is 10.0 Å². The summed E-state index contributed by atoms with van der Waals surface area (Å²) in [6, 6.07) is 2.92. The second-order valence-corrected chi connectivity index (χ2v) is 6.68. The van der Waals surface area contributed by atoms with Crippen LogP contribution in [0.25, 0.3) is 0 Å². The molecule has 1 heterocycles. The topological polar surface area (TPSA) is 157 Å². The van der Waals surface area contributed by atoms with Crippen LogP contribution in [0.3, 0.4) is 0 Å². The molecule has 0 atom stereocenters. The molecule has 0 aromatic carbocycles. The summed E-state index contributed by atoms with van der Waals surface area (Å²) >= 11 is 0. The van der Waals surface area contributed by atoms with E-state index in [1.165, 1.54) is 18.3 Å². The highest BCUT2D eigenvalue weighted by Gasteiger charge is 2.19. The first-order valence-corrected chi connectivity index (χ1v) is 7.88. The van der Waals surface area contributed by atoms with E-state index in [0.29, 0.717) is 0 Å². The zero-order chi connectivity index (χ0) is 13.8. The summed E-state index contributed by atoms with van der Waals surface area (Å²) in [6.45, 7) is -0.345. The lowest BCUT2D eigenvalue weighted by Gasteiger charge is -2.09. The zero-order valence-electron chi connectivity index (χ0n) is 9.20. The molecule has 0 spiro atoms. The van der Waals surface area contributed by atoms with Crippen LogP contribution in [0.1, 0.15) is 0 Å². The number of nitrogens with one attached hydrogen (secondary N) is 2. The third-order valence-electron chi connectivity index (χ3n) is 1.86. The van der Waals surface area contributed by atoms with Gasteiger partial charge in [-0.15, -0.1) is 0 Å². The van der Waals surface area contributed by atoms with Gasteiger partial charge >= 0.3 is 0 Å². The van der Waals surface area contributed by atoms with Crippen LogP contribution in [0.2, 0.25) is 0 Å². The monoisotopic (exact) mass is 295 g/mol. The highest BCUT2D eigenvalue weighted by atomic mass is 32.2. The molecule has 0 bridgehead atoms. The number of hydrogen-bond donors (Lipinski definition) is 4. The third-order valence-corrected chi connectivity index (χ3v) is 4.05. The van der Waals surface area contributed by atoms with E-state index in [2.05, 4.69) is 15.1 Å². The van der Waals surface area contributed by atoms with Crippen LogP contribution in [0.5, 0.6) is 0 Å². The summed E-state index contributed by atoms with van der Waals surface area (Å²) in [5.74, 6) is 4.64. The Hall–Kier alpha value is -1.27. The van der Waals surface area contributed by atoms with E-state index in [9.17, 15) is 16.8 Å². The number of pyridine rings is 1. The minimum absolute atomic E-state index is 0.0978.